The number of likely N-dealkylation sites (tertiary alicyclic amines) is 1. The molecule has 0 radical (unpaired) electrons. The number of carboxylic acids is 1. The number of hydrogen-bond acceptors (Lipinski definition) is 5. The smallest absolute Gasteiger partial charge is 0.407 e. The van der Waals surface area contributed by atoms with Gasteiger partial charge in [-0.25, -0.2) is 9.59 Å². The number of amides is 2. The number of benzene rings is 2. The second kappa shape index (κ2) is 9.62. The van der Waals surface area contributed by atoms with Crippen molar-refractivity contribution < 1.29 is 29.3 Å². The molecule has 4 rings (SSSR count). The van der Waals surface area contributed by atoms with Crippen molar-refractivity contribution in [2.24, 2.45) is 0 Å². The van der Waals surface area contributed by atoms with Crippen LogP contribution in [0.2, 0.25) is 0 Å². The highest BCUT2D eigenvalue weighted by Crippen LogP contribution is 2.44. The number of fused-ring (bicyclic) bond motifs is 3. The van der Waals surface area contributed by atoms with E-state index >= 15 is 0 Å². The molecule has 1 saturated heterocycles. The monoisotopic (exact) mass is 452 g/mol. The van der Waals surface area contributed by atoms with E-state index in [0.717, 1.165) is 22.3 Å². The van der Waals surface area contributed by atoms with Crippen LogP contribution in [0.4, 0.5) is 4.79 Å². The highest BCUT2D eigenvalue weighted by Gasteiger charge is 2.39. The van der Waals surface area contributed by atoms with Crippen LogP contribution in [-0.4, -0.2) is 64.4 Å². The molecule has 0 bridgehead atoms. The SMILES string of the molecule is CC[C@H](CC(=O)N1C[C@@H](O)C[C@H]1C(=O)O)NC(=O)OCC1c2ccccc2-c2ccccc21. The molecule has 0 aromatic heterocycles. The molecular weight excluding hydrogens is 424 g/mol. The summed E-state index contributed by atoms with van der Waals surface area (Å²) in [6.45, 7) is 1.98. The second-order valence-corrected chi connectivity index (χ2v) is 8.57. The molecule has 1 aliphatic carbocycles. The van der Waals surface area contributed by atoms with Crippen LogP contribution in [0.25, 0.3) is 11.1 Å². The molecule has 3 atom stereocenters. The van der Waals surface area contributed by atoms with Crippen molar-refractivity contribution in [1.82, 2.24) is 10.2 Å². The van der Waals surface area contributed by atoms with Crippen molar-refractivity contribution in [3.8, 4) is 11.1 Å². The van der Waals surface area contributed by atoms with Gasteiger partial charge in [0.05, 0.1) is 6.10 Å². The highest BCUT2D eigenvalue weighted by molar-refractivity contribution is 5.85. The van der Waals surface area contributed by atoms with Crippen LogP contribution >= 0.6 is 0 Å². The number of carbonyl (C=O) groups excluding carboxylic acids is 2. The average molecular weight is 453 g/mol. The number of alkyl carbamates (subject to hydrolysis) is 1. The Balaban J connectivity index is 1.36. The third kappa shape index (κ3) is 4.71. The van der Waals surface area contributed by atoms with Gasteiger partial charge in [0.1, 0.15) is 12.6 Å². The van der Waals surface area contributed by atoms with E-state index in [4.69, 9.17) is 4.74 Å². The number of hydrogen-bond donors (Lipinski definition) is 3. The Bertz CT molecular complexity index is 1010. The predicted molar refractivity (Wildman–Crippen MR) is 121 cm³/mol. The number of carbonyl (C=O) groups is 3. The molecule has 2 aromatic carbocycles. The molecule has 1 heterocycles. The lowest BCUT2D eigenvalue weighted by atomic mass is 9.98. The first kappa shape index (κ1) is 22.8. The molecule has 2 amide bonds. The van der Waals surface area contributed by atoms with Gasteiger partial charge in [0.2, 0.25) is 5.91 Å². The number of aliphatic carboxylic acids is 1. The first-order valence-electron chi connectivity index (χ1n) is 11.2. The lowest BCUT2D eigenvalue weighted by molar-refractivity contribution is -0.148. The number of nitrogens with zero attached hydrogens (tertiary/aromatic N) is 1. The zero-order chi connectivity index (χ0) is 23.5. The van der Waals surface area contributed by atoms with Crippen LogP contribution in [0.1, 0.15) is 43.2 Å². The van der Waals surface area contributed by atoms with Crippen molar-refractivity contribution in [2.75, 3.05) is 13.2 Å². The van der Waals surface area contributed by atoms with E-state index in [-0.39, 0.29) is 31.9 Å². The summed E-state index contributed by atoms with van der Waals surface area (Å²) in [7, 11) is 0. The van der Waals surface area contributed by atoms with Gasteiger partial charge in [-0.05, 0) is 28.7 Å². The summed E-state index contributed by atoms with van der Waals surface area (Å²) < 4.78 is 5.55. The van der Waals surface area contributed by atoms with Gasteiger partial charge in [-0.3, -0.25) is 4.79 Å². The van der Waals surface area contributed by atoms with Gasteiger partial charge in [-0.2, -0.15) is 0 Å². The number of carboxylic acid groups (broad SMARTS) is 1. The molecule has 2 aliphatic rings. The van der Waals surface area contributed by atoms with E-state index in [9.17, 15) is 24.6 Å². The summed E-state index contributed by atoms with van der Waals surface area (Å²) >= 11 is 0. The average Bonchev–Trinajstić information content (AvgIpc) is 3.35. The maximum atomic E-state index is 12.7. The highest BCUT2D eigenvalue weighted by atomic mass is 16.5. The molecule has 1 aliphatic heterocycles. The van der Waals surface area contributed by atoms with Gasteiger partial charge in [-0.1, -0.05) is 55.5 Å². The van der Waals surface area contributed by atoms with Gasteiger partial charge in [0.15, 0.2) is 0 Å². The Labute approximate surface area is 192 Å². The van der Waals surface area contributed by atoms with Crippen LogP contribution in [0, 0.1) is 0 Å². The third-order valence-electron chi connectivity index (χ3n) is 6.46. The minimum atomic E-state index is -1.14. The summed E-state index contributed by atoms with van der Waals surface area (Å²) in [5, 5.41) is 21.8. The van der Waals surface area contributed by atoms with E-state index in [2.05, 4.69) is 17.4 Å². The normalized spacial score (nSPS) is 20.1. The molecule has 174 valence electrons. The Morgan fingerprint density at radius 2 is 1.70 bits per heavy atom. The Morgan fingerprint density at radius 3 is 2.27 bits per heavy atom. The van der Waals surface area contributed by atoms with E-state index in [1.807, 2.05) is 43.3 Å². The molecule has 3 N–H and O–H groups in total. The summed E-state index contributed by atoms with van der Waals surface area (Å²) in [6, 6.07) is 14.6. The largest absolute Gasteiger partial charge is 0.480 e. The molecule has 0 spiro atoms. The molecule has 2 aromatic rings. The minimum Gasteiger partial charge on any atom is -0.480 e. The Hall–Kier alpha value is -3.39. The molecular formula is C25H28N2O6. The number of nitrogens with one attached hydrogen (secondary N) is 1. The van der Waals surface area contributed by atoms with Gasteiger partial charge in [-0.15, -0.1) is 0 Å². The van der Waals surface area contributed by atoms with Gasteiger partial charge in [0.25, 0.3) is 0 Å². The van der Waals surface area contributed by atoms with Crippen LogP contribution in [0.3, 0.4) is 0 Å². The molecule has 33 heavy (non-hydrogen) atoms. The zero-order valence-corrected chi connectivity index (χ0v) is 18.4. The number of β-amino-alcohol motifs (C(OH)–C–C–N with tert-alkyl or cyclic N) is 1. The quantitative estimate of drug-likeness (QED) is 0.595. The number of rotatable bonds is 7. The van der Waals surface area contributed by atoms with E-state index in [0.29, 0.717) is 6.42 Å². The van der Waals surface area contributed by atoms with Gasteiger partial charge in [0, 0.05) is 31.3 Å². The van der Waals surface area contributed by atoms with Crippen molar-refractivity contribution in [3.63, 3.8) is 0 Å². The summed E-state index contributed by atoms with van der Waals surface area (Å²) in [5.41, 5.74) is 4.50. The first-order chi connectivity index (χ1) is 15.9. The molecule has 1 fully saturated rings. The van der Waals surface area contributed by atoms with Crippen molar-refractivity contribution in [2.45, 2.75) is 50.3 Å². The fraction of sp³-hybridized carbons (Fsp3) is 0.400. The summed E-state index contributed by atoms with van der Waals surface area (Å²) in [6.07, 6.45) is -1.04. The van der Waals surface area contributed by atoms with E-state index in [1.165, 1.54) is 4.90 Å². The number of ether oxygens (including phenoxy) is 1. The van der Waals surface area contributed by atoms with E-state index in [1.54, 1.807) is 0 Å². The lowest BCUT2D eigenvalue weighted by Crippen LogP contribution is -2.44. The van der Waals surface area contributed by atoms with Gasteiger partial charge >= 0.3 is 12.1 Å². The maximum Gasteiger partial charge on any atom is 0.407 e. The molecule has 8 nitrogen and oxygen atoms in total. The van der Waals surface area contributed by atoms with Crippen LogP contribution < -0.4 is 5.32 Å². The van der Waals surface area contributed by atoms with Crippen LogP contribution in [0.15, 0.2) is 48.5 Å². The van der Waals surface area contributed by atoms with Crippen LogP contribution in [-0.2, 0) is 14.3 Å². The standard InChI is InChI=1S/C25H28N2O6/c1-2-15(11-23(29)27-13-16(28)12-22(27)24(30)31)26-25(32)33-14-21-19-9-5-3-7-17(19)18-8-4-6-10-20(18)21/h3-10,15-16,21-22,28H,2,11-14H2,1H3,(H,26,32)(H,30,31)/t15-,16+,22+/m1/s1. The first-order valence-corrected chi connectivity index (χ1v) is 11.2. The Kier molecular flexibility index (Phi) is 6.65. The maximum absolute atomic E-state index is 12.7. The van der Waals surface area contributed by atoms with Crippen LogP contribution in [0.5, 0.6) is 0 Å². The zero-order valence-electron chi connectivity index (χ0n) is 18.4. The van der Waals surface area contributed by atoms with Crippen molar-refractivity contribution in [1.29, 1.82) is 0 Å². The molecule has 0 unspecified atom stereocenters. The second-order valence-electron chi connectivity index (χ2n) is 8.57. The summed E-state index contributed by atoms with van der Waals surface area (Å²) in [5.74, 6) is -1.62. The van der Waals surface area contributed by atoms with Crippen molar-refractivity contribution >= 4 is 18.0 Å². The molecule has 8 heteroatoms. The lowest BCUT2D eigenvalue weighted by Gasteiger charge is -2.24. The third-order valence-corrected chi connectivity index (χ3v) is 6.46. The Morgan fingerprint density at radius 1 is 1.09 bits per heavy atom. The summed E-state index contributed by atoms with van der Waals surface area (Å²) in [4.78, 5) is 37.7. The predicted octanol–water partition coefficient (Wildman–Crippen LogP) is 2.74. The van der Waals surface area contributed by atoms with E-state index < -0.39 is 36.2 Å². The minimum absolute atomic E-state index is 0.0116. The fourth-order valence-corrected chi connectivity index (χ4v) is 4.76. The number of aliphatic hydroxyl groups excluding tert-OH is 1. The molecule has 0 saturated carbocycles. The van der Waals surface area contributed by atoms with Gasteiger partial charge < -0.3 is 25.2 Å². The topological polar surface area (TPSA) is 116 Å². The fourth-order valence-electron chi connectivity index (χ4n) is 4.76. The number of aliphatic hydroxyl groups is 1. The van der Waals surface area contributed by atoms with Crippen molar-refractivity contribution in [3.05, 3.63) is 59.7 Å².